The molecular formula is C11H19N3O3. The Hall–Kier alpha value is -1.30. The Morgan fingerprint density at radius 1 is 1.53 bits per heavy atom. The third kappa shape index (κ3) is 2.09. The monoisotopic (exact) mass is 241 g/mol. The molecule has 3 atom stereocenters. The summed E-state index contributed by atoms with van der Waals surface area (Å²) in [5, 5.41) is 14.5. The second-order valence-electron chi connectivity index (χ2n) is 5.30. The van der Waals surface area contributed by atoms with Crippen molar-refractivity contribution in [3.8, 4) is 0 Å². The molecule has 2 rings (SSSR count). The van der Waals surface area contributed by atoms with Crippen molar-refractivity contribution in [2.75, 3.05) is 0 Å². The van der Waals surface area contributed by atoms with Crippen molar-refractivity contribution < 1.29 is 14.7 Å². The maximum Gasteiger partial charge on any atom is 0.233 e. The predicted molar refractivity (Wildman–Crippen MR) is 61.6 cm³/mol. The molecule has 2 fully saturated rings. The molecule has 2 bridgehead atoms. The van der Waals surface area contributed by atoms with Gasteiger partial charge in [-0.05, 0) is 33.1 Å². The normalized spacial score (nSPS) is 32.8. The van der Waals surface area contributed by atoms with Crippen LogP contribution in [-0.4, -0.2) is 35.2 Å². The summed E-state index contributed by atoms with van der Waals surface area (Å²) in [6.45, 7) is 3.26. The highest BCUT2D eigenvalue weighted by Crippen LogP contribution is 2.34. The van der Waals surface area contributed by atoms with Crippen molar-refractivity contribution in [3.05, 3.63) is 0 Å². The van der Waals surface area contributed by atoms with Crippen molar-refractivity contribution in [1.29, 1.82) is 0 Å². The fraction of sp³-hybridized carbons (Fsp3) is 0.818. The lowest BCUT2D eigenvalue weighted by Crippen LogP contribution is -2.51. The second kappa shape index (κ2) is 4.18. The van der Waals surface area contributed by atoms with Gasteiger partial charge in [-0.15, -0.1) is 0 Å². The van der Waals surface area contributed by atoms with Crippen molar-refractivity contribution in [1.82, 2.24) is 5.32 Å². The minimum absolute atomic E-state index is 0.0621. The Morgan fingerprint density at radius 2 is 2.24 bits per heavy atom. The number of hydrogen-bond donors (Lipinski definition) is 3. The van der Waals surface area contributed by atoms with E-state index in [1.807, 2.05) is 0 Å². The van der Waals surface area contributed by atoms with Gasteiger partial charge in [-0.1, -0.05) is 5.16 Å². The number of carbonyl (C=O) groups excluding carboxylic acids is 1. The van der Waals surface area contributed by atoms with Crippen molar-refractivity contribution in [2.45, 2.75) is 51.4 Å². The number of hydrogen-bond acceptors (Lipinski definition) is 4. The first-order chi connectivity index (χ1) is 7.95. The molecule has 1 amide bonds. The Bertz CT molecular complexity index is 354. The predicted octanol–water partition coefficient (Wildman–Crippen LogP) is 0.195. The molecule has 2 aliphatic rings. The third-order valence-corrected chi connectivity index (χ3v) is 3.74. The van der Waals surface area contributed by atoms with E-state index in [2.05, 4.69) is 10.5 Å². The first-order valence-corrected chi connectivity index (χ1v) is 5.89. The molecule has 0 aromatic heterocycles. The summed E-state index contributed by atoms with van der Waals surface area (Å²) in [7, 11) is 0. The molecule has 0 saturated carbocycles. The summed E-state index contributed by atoms with van der Waals surface area (Å²) in [5.41, 5.74) is 4.51. The first-order valence-electron chi connectivity index (χ1n) is 5.89. The number of carbonyl (C=O) groups is 1. The van der Waals surface area contributed by atoms with Crippen LogP contribution < -0.4 is 11.1 Å². The molecule has 6 nitrogen and oxygen atoms in total. The smallest absolute Gasteiger partial charge is 0.233 e. The Morgan fingerprint density at radius 3 is 2.71 bits per heavy atom. The molecule has 3 unspecified atom stereocenters. The molecule has 2 saturated heterocycles. The van der Waals surface area contributed by atoms with E-state index >= 15 is 0 Å². The van der Waals surface area contributed by atoms with Gasteiger partial charge in [-0.25, -0.2) is 0 Å². The number of nitrogens with zero attached hydrogens (tertiary/aromatic N) is 1. The van der Waals surface area contributed by atoms with Crippen LogP contribution in [0.4, 0.5) is 0 Å². The molecule has 6 heteroatoms. The fourth-order valence-corrected chi connectivity index (χ4v) is 2.38. The van der Waals surface area contributed by atoms with Crippen LogP contribution >= 0.6 is 0 Å². The number of nitrogens with two attached hydrogens (primary N) is 1. The van der Waals surface area contributed by atoms with Gasteiger partial charge in [0.05, 0.1) is 18.2 Å². The minimum atomic E-state index is -1.00. The van der Waals surface area contributed by atoms with Crippen molar-refractivity contribution >= 4 is 11.7 Å². The fourth-order valence-electron chi connectivity index (χ4n) is 2.38. The van der Waals surface area contributed by atoms with E-state index in [1.54, 1.807) is 13.8 Å². The van der Waals surface area contributed by atoms with E-state index in [4.69, 9.17) is 15.7 Å². The lowest BCUT2D eigenvalue weighted by Gasteiger charge is -2.27. The molecule has 2 aliphatic heterocycles. The summed E-state index contributed by atoms with van der Waals surface area (Å²) in [5.74, 6) is -0.312. The van der Waals surface area contributed by atoms with Crippen LogP contribution in [0.1, 0.15) is 33.1 Å². The largest absolute Gasteiger partial charge is 0.409 e. The lowest BCUT2D eigenvalue weighted by atomic mass is 9.89. The average molecular weight is 241 g/mol. The van der Waals surface area contributed by atoms with Crippen LogP contribution in [0.15, 0.2) is 5.16 Å². The number of amides is 1. The SMILES string of the molecule is CC(C)(C(=O)NC1CC2CCC1O2)C(N)=NO. The van der Waals surface area contributed by atoms with Gasteiger partial charge in [0.2, 0.25) is 5.91 Å². The summed E-state index contributed by atoms with van der Waals surface area (Å²) in [6.07, 6.45) is 3.37. The van der Waals surface area contributed by atoms with E-state index in [1.165, 1.54) is 0 Å². The van der Waals surface area contributed by atoms with Crippen LogP contribution in [0.25, 0.3) is 0 Å². The number of amidine groups is 1. The molecule has 96 valence electrons. The Balaban J connectivity index is 1.98. The maximum atomic E-state index is 12.1. The zero-order chi connectivity index (χ0) is 12.6. The van der Waals surface area contributed by atoms with Gasteiger partial charge in [0.25, 0.3) is 0 Å². The summed E-state index contributed by atoms with van der Waals surface area (Å²) in [6, 6.07) is 0.0621. The number of rotatable bonds is 3. The number of nitrogens with one attached hydrogen (secondary N) is 1. The van der Waals surface area contributed by atoms with Gasteiger partial charge < -0.3 is 21.0 Å². The summed E-state index contributed by atoms with van der Waals surface area (Å²) in [4.78, 5) is 12.1. The Labute approximate surface area is 100 Å². The van der Waals surface area contributed by atoms with Gasteiger partial charge in [0.1, 0.15) is 5.41 Å². The number of fused-ring (bicyclic) bond motifs is 2. The molecule has 0 radical (unpaired) electrons. The van der Waals surface area contributed by atoms with Crippen molar-refractivity contribution in [2.24, 2.45) is 16.3 Å². The van der Waals surface area contributed by atoms with E-state index in [9.17, 15) is 4.79 Å². The van der Waals surface area contributed by atoms with E-state index in [-0.39, 0.29) is 30.0 Å². The average Bonchev–Trinajstić information content (AvgIpc) is 2.89. The molecule has 0 spiro atoms. The van der Waals surface area contributed by atoms with Crippen LogP contribution in [0.2, 0.25) is 0 Å². The topological polar surface area (TPSA) is 96.9 Å². The van der Waals surface area contributed by atoms with Gasteiger partial charge in [-0.2, -0.15) is 0 Å². The molecule has 0 aromatic rings. The first kappa shape index (κ1) is 12.2. The minimum Gasteiger partial charge on any atom is -0.409 e. The van der Waals surface area contributed by atoms with Gasteiger partial charge in [-0.3, -0.25) is 4.79 Å². The molecule has 4 N–H and O–H groups in total. The standard InChI is InChI=1S/C11H19N3O3/c1-11(2,9(12)14-16)10(15)13-7-5-6-3-4-8(7)17-6/h6-8,16H,3-5H2,1-2H3,(H2,12,14)(H,13,15). The van der Waals surface area contributed by atoms with Crippen molar-refractivity contribution in [3.63, 3.8) is 0 Å². The quantitative estimate of drug-likeness (QED) is 0.284. The molecule has 2 heterocycles. The molecule has 17 heavy (non-hydrogen) atoms. The van der Waals surface area contributed by atoms with Crippen LogP contribution in [0.3, 0.4) is 0 Å². The number of oxime groups is 1. The molecule has 0 aliphatic carbocycles. The van der Waals surface area contributed by atoms with E-state index in [0.717, 1.165) is 19.3 Å². The van der Waals surface area contributed by atoms with Gasteiger partial charge >= 0.3 is 0 Å². The van der Waals surface area contributed by atoms with E-state index in [0.29, 0.717) is 0 Å². The molecular weight excluding hydrogens is 222 g/mol. The number of ether oxygens (including phenoxy) is 1. The zero-order valence-corrected chi connectivity index (χ0v) is 10.1. The summed E-state index contributed by atoms with van der Waals surface area (Å²) >= 11 is 0. The molecule has 0 aromatic carbocycles. The third-order valence-electron chi connectivity index (χ3n) is 3.74. The van der Waals surface area contributed by atoms with Crippen LogP contribution in [0, 0.1) is 5.41 Å². The lowest BCUT2D eigenvalue weighted by molar-refractivity contribution is -0.127. The van der Waals surface area contributed by atoms with Crippen LogP contribution in [0.5, 0.6) is 0 Å². The highest BCUT2D eigenvalue weighted by molar-refractivity contribution is 6.06. The highest BCUT2D eigenvalue weighted by atomic mass is 16.5. The zero-order valence-electron chi connectivity index (χ0n) is 10.1. The summed E-state index contributed by atoms with van der Waals surface area (Å²) < 4.78 is 5.66. The van der Waals surface area contributed by atoms with Crippen LogP contribution in [-0.2, 0) is 9.53 Å². The maximum absolute atomic E-state index is 12.1. The van der Waals surface area contributed by atoms with E-state index < -0.39 is 5.41 Å². The highest BCUT2D eigenvalue weighted by Gasteiger charge is 2.43. The Kier molecular flexibility index (Phi) is 2.99. The van der Waals surface area contributed by atoms with Gasteiger partial charge in [0, 0.05) is 0 Å². The van der Waals surface area contributed by atoms with Gasteiger partial charge in [0.15, 0.2) is 5.84 Å². The second-order valence-corrected chi connectivity index (χ2v) is 5.30.